The summed E-state index contributed by atoms with van der Waals surface area (Å²) in [7, 11) is 3.77. The van der Waals surface area contributed by atoms with E-state index < -0.39 is 0 Å². The normalized spacial score (nSPS) is 18.0. The molecule has 2 aliphatic heterocycles. The minimum Gasteiger partial charge on any atom is -0.336 e. The standard InChI is InChI=1S/C33H41N5O2S2.C2H6/c1-35(2)41-34-32(39)25-14-15-28-29(21-25)38-22-26(33(40)36-16-18-37(19-17-36)42(3)4)20-24-12-8-9-13-27(24)31(38)30(28)23-10-6-5-7-11-23;1-2/h8-9,12-15,20-21,23H,3,5-7,10-11,16-19,22H2,1-2,4H3,(H,34,39);1-2H3. The molecule has 6 rings (SSSR count). The van der Waals surface area contributed by atoms with Crippen LogP contribution in [0, 0.1) is 0 Å². The zero-order valence-electron chi connectivity index (χ0n) is 26.9. The van der Waals surface area contributed by atoms with Gasteiger partial charge in [0.1, 0.15) is 0 Å². The molecule has 9 heteroatoms. The Morgan fingerprint density at radius 1 is 1.00 bits per heavy atom. The molecule has 44 heavy (non-hydrogen) atoms. The predicted octanol–water partition coefficient (Wildman–Crippen LogP) is 7.02. The summed E-state index contributed by atoms with van der Waals surface area (Å²) < 4.78 is 9.49. The molecule has 1 N–H and O–H groups in total. The Labute approximate surface area is 270 Å². The van der Waals surface area contributed by atoms with E-state index in [-0.39, 0.29) is 22.5 Å². The summed E-state index contributed by atoms with van der Waals surface area (Å²) >= 11 is 1.27. The number of fused-ring (bicyclic) bond motifs is 5. The molecule has 0 bridgehead atoms. The van der Waals surface area contributed by atoms with Crippen molar-refractivity contribution < 1.29 is 9.59 Å². The van der Waals surface area contributed by atoms with Gasteiger partial charge in [0.25, 0.3) is 11.8 Å². The SMILES string of the molecule is C=S(C)N1CCN(C(=O)C2=Cc3ccccc3-c3c(C4CCCCC4)c4ccc(C(=O)NSN(C)C)cc4n3C2)CC1.CC. The van der Waals surface area contributed by atoms with Gasteiger partial charge in [0.2, 0.25) is 0 Å². The summed E-state index contributed by atoms with van der Waals surface area (Å²) in [4.78, 5) is 29.3. The van der Waals surface area contributed by atoms with Gasteiger partial charge >= 0.3 is 0 Å². The van der Waals surface area contributed by atoms with Crippen LogP contribution < -0.4 is 4.72 Å². The Hall–Kier alpha value is -2.85. The molecule has 2 aromatic carbocycles. The number of hydrogen-bond acceptors (Lipinski definition) is 5. The molecule has 1 aliphatic carbocycles. The molecule has 1 saturated heterocycles. The first-order valence-corrected chi connectivity index (χ1v) is 18.5. The highest BCUT2D eigenvalue weighted by Crippen LogP contribution is 2.46. The lowest BCUT2D eigenvalue weighted by atomic mass is 9.81. The van der Waals surface area contributed by atoms with Crippen molar-refractivity contribution in [2.24, 2.45) is 0 Å². The van der Waals surface area contributed by atoms with E-state index in [2.05, 4.69) is 62.1 Å². The number of hydrogen-bond donors (Lipinski definition) is 1. The third-order valence-corrected chi connectivity index (χ3v) is 10.7. The number of piperazine rings is 1. The highest BCUT2D eigenvalue weighted by Gasteiger charge is 2.32. The van der Waals surface area contributed by atoms with Crippen molar-refractivity contribution in [2.45, 2.75) is 58.4 Å². The van der Waals surface area contributed by atoms with E-state index in [1.807, 2.05) is 49.3 Å². The summed E-state index contributed by atoms with van der Waals surface area (Å²) in [6.45, 7) is 7.62. The Morgan fingerprint density at radius 3 is 2.39 bits per heavy atom. The van der Waals surface area contributed by atoms with E-state index >= 15 is 0 Å². The van der Waals surface area contributed by atoms with E-state index in [1.165, 1.54) is 66.4 Å². The van der Waals surface area contributed by atoms with E-state index in [9.17, 15) is 9.59 Å². The second-order valence-corrected chi connectivity index (χ2v) is 14.7. The van der Waals surface area contributed by atoms with E-state index in [0.717, 1.165) is 29.7 Å². The zero-order chi connectivity index (χ0) is 31.4. The van der Waals surface area contributed by atoms with Crippen LogP contribution in [0.3, 0.4) is 0 Å². The monoisotopic (exact) mass is 633 g/mol. The number of nitrogens with one attached hydrogen (secondary N) is 1. The van der Waals surface area contributed by atoms with Gasteiger partial charge in [0.15, 0.2) is 0 Å². The zero-order valence-corrected chi connectivity index (χ0v) is 28.5. The van der Waals surface area contributed by atoms with Crippen molar-refractivity contribution in [3.05, 3.63) is 64.7 Å². The Morgan fingerprint density at radius 2 is 1.70 bits per heavy atom. The smallest absolute Gasteiger partial charge is 0.262 e. The number of carbonyl (C=O) groups is 2. The van der Waals surface area contributed by atoms with Crippen molar-refractivity contribution >= 4 is 57.5 Å². The molecule has 1 unspecified atom stereocenters. The number of amides is 2. The van der Waals surface area contributed by atoms with Crippen LogP contribution in [0.2, 0.25) is 0 Å². The van der Waals surface area contributed by atoms with Gasteiger partial charge in [-0.05, 0) is 68.4 Å². The van der Waals surface area contributed by atoms with Crippen LogP contribution in [0.4, 0.5) is 0 Å². The molecule has 236 valence electrons. The fourth-order valence-corrected chi connectivity index (χ4v) is 7.92. The van der Waals surface area contributed by atoms with Crippen LogP contribution in [0.5, 0.6) is 0 Å². The predicted molar refractivity (Wildman–Crippen MR) is 190 cm³/mol. The maximum Gasteiger partial charge on any atom is 0.262 e. The number of benzene rings is 2. The summed E-state index contributed by atoms with van der Waals surface area (Å²) in [5.41, 5.74) is 7.30. The molecule has 1 saturated carbocycles. The summed E-state index contributed by atoms with van der Waals surface area (Å²) in [6, 6.07) is 14.6. The van der Waals surface area contributed by atoms with Crippen LogP contribution >= 0.6 is 22.8 Å². The molecule has 2 fully saturated rings. The van der Waals surface area contributed by atoms with Gasteiger partial charge in [0.05, 0.1) is 12.2 Å². The molecule has 0 spiro atoms. The Bertz CT molecular complexity index is 1560. The number of rotatable bonds is 6. The molecule has 1 atom stereocenters. The molecule has 3 aromatic rings. The van der Waals surface area contributed by atoms with Crippen molar-refractivity contribution in [1.29, 1.82) is 0 Å². The van der Waals surface area contributed by atoms with Gasteiger partial charge in [-0.15, -0.1) is 10.7 Å². The quantitative estimate of drug-likeness (QED) is 0.234. The molecule has 2 amide bonds. The van der Waals surface area contributed by atoms with E-state index in [4.69, 9.17) is 0 Å². The fraction of sp³-hybridized carbons (Fsp3) is 0.457. The maximum absolute atomic E-state index is 14.1. The molecule has 3 aliphatic rings. The van der Waals surface area contributed by atoms with Crippen LogP contribution in [0.1, 0.15) is 73.4 Å². The molecule has 3 heterocycles. The third kappa shape index (κ3) is 6.71. The largest absolute Gasteiger partial charge is 0.336 e. The first-order chi connectivity index (χ1) is 21.3. The van der Waals surface area contributed by atoms with Crippen LogP contribution in [-0.4, -0.2) is 82.3 Å². The van der Waals surface area contributed by atoms with Crippen molar-refractivity contribution in [1.82, 2.24) is 22.8 Å². The van der Waals surface area contributed by atoms with Gasteiger partial charge in [-0.1, -0.05) is 69.3 Å². The van der Waals surface area contributed by atoms with Crippen LogP contribution in [-0.2, 0) is 11.3 Å². The number of carbonyl (C=O) groups excluding carboxylic acids is 2. The second kappa shape index (κ2) is 14.5. The molecule has 7 nitrogen and oxygen atoms in total. The maximum atomic E-state index is 14.1. The molecule has 1 aromatic heterocycles. The minimum absolute atomic E-state index is 0.0337. The van der Waals surface area contributed by atoms with Gasteiger partial charge < -0.3 is 9.47 Å². The first-order valence-electron chi connectivity index (χ1n) is 15.9. The highest BCUT2D eigenvalue weighted by atomic mass is 32.2. The lowest BCUT2D eigenvalue weighted by molar-refractivity contribution is -0.128. The van der Waals surface area contributed by atoms with Gasteiger partial charge in [-0.2, -0.15) is 0 Å². The number of aromatic nitrogens is 1. The topological polar surface area (TPSA) is 60.8 Å². The van der Waals surface area contributed by atoms with E-state index in [1.54, 1.807) is 0 Å². The fourth-order valence-electron chi connectivity index (χ4n) is 6.75. The average molecular weight is 634 g/mol. The third-order valence-electron chi connectivity index (χ3n) is 8.82. The van der Waals surface area contributed by atoms with Gasteiger partial charge in [0, 0.05) is 65.9 Å². The van der Waals surface area contributed by atoms with Crippen molar-refractivity contribution in [2.75, 3.05) is 46.5 Å². The first kappa shape index (κ1) is 32.5. The Kier molecular flexibility index (Phi) is 10.7. The summed E-state index contributed by atoms with van der Waals surface area (Å²) in [5.74, 6) is 4.65. The van der Waals surface area contributed by atoms with Crippen molar-refractivity contribution in [3.8, 4) is 11.3 Å². The van der Waals surface area contributed by atoms with Gasteiger partial charge in [-0.25, -0.2) is 4.31 Å². The molecular weight excluding hydrogens is 587 g/mol. The highest BCUT2D eigenvalue weighted by molar-refractivity contribution is 8.11. The lowest BCUT2D eigenvalue weighted by Gasteiger charge is -2.35. The summed E-state index contributed by atoms with van der Waals surface area (Å²) in [6.07, 6.45) is 10.4. The van der Waals surface area contributed by atoms with E-state index in [0.29, 0.717) is 31.1 Å². The second-order valence-electron chi connectivity index (χ2n) is 11.8. The van der Waals surface area contributed by atoms with Crippen LogP contribution in [0.15, 0.2) is 48.0 Å². The lowest BCUT2D eigenvalue weighted by Crippen LogP contribution is -2.47. The Balaban J connectivity index is 0.00000188. The van der Waals surface area contributed by atoms with Gasteiger partial charge in [-0.3, -0.25) is 18.6 Å². The average Bonchev–Trinajstić information content (AvgIpc) is 3.26. The summed E-state index contributed by atoms with van der Waals surface area (Å²) in [5, 5.41) is 1.20. The van der Waals surface area contributed by atoms with Crippen molar-refractivity contribution in [3.63, 3.8) is 0 Å². The van der Waals surface area contributed by atoms with Crippen LogP contribution in [0.25, 0.3) is 28.2 Å². The molecule has 0 radical (unpaired) electrons. The minimum atomic E-state index is -0.121. The number of nitrogens with zero attached hydrogens (tertiary/aromatic N) is 4. The molecular formula is C35H47N5O2S2.